The number of hydrogen-bond acceptors (Lipinski definition) is 3. The molecule has 23 heavy (non-hydrogen) atoms. The quantitative estimate of drug-likeness (QED) is 0.744. The van der Waals surface area contributed by atoms with Crippen molar-refractivity contribution in [2.45, 2.75) is 52.4 Å². The molecule has 3 nitrogen and oxygen atoms in total. The van der Waals surface area contributed by atoms with Gasteiger partial charge in [0.05, 0.1) is 0 Å². The summed E-state index contributed by atoms with van der Waals surface area (Å²) in [6.45, 7) is 15.3. The Labute approximate surface area is 145 Å². The molecule has 0 aromatic heterocycles. The molecule has 3 rings (SSSR count). The van der Waals surface area contributed by atoms with Crippen LogP contribution >= 0.6 is 0 Å². The fourth-order valence-electron chi connectivity index (χ4n) is 3.85. The van der Waals surface area contributed by atoms with E-state index in [1.807, 2.05) is 13.8 Å². The first kappa shape index (κ1) is 20.7. The van der Waals surface area contributed by atoms with Crippen molar-refractivity contribution in [2.24, 2.45) is 11.3 Å². The molecule has 1 saturated carbocycles. The van der Waals surface area contributed by atoms with E-state index in [9.17, 15) is 0 Å². The van der Waals surface area contributed by atoms with Crippen molar-refractivity contribution >= 4 is 0 Å². The van der Waals surface area contributed by atoms with Crippen LogP contribution in [0.25, 0.3) is 0 Å². The van der Waals surface area contributed by atoms with Gasteiger partial charge >= 0.3 is 0 Å². The van der Waals surface area contributed by atoms with Gasteiger partial charge in [-0.15, -0.1) is 6.58 Å². The van der Waals surface area contributed by atoms with Gasteiger partial charge in [0.1, 0.15) is 0 Å². The number of hydrogen-bond donors (Lipinski definition) is 1. The lowest BCUT2D eigenvalue weighted by atomic mass is 9.66. The van der Waals surface area contributed by atoms with Gasteiger partial charge < -0.3 is 15.1 Å². The van der Waals surface area contributed by atoms with Gasteiger partial charge in [-0.25, -0.2) is 0 Å². The molecule has 0 aromatic rings. The molecule has 2 saturated heterocycles. The van der Waals surface area contributed by atoms with Crippen LogP contribution in [-0.2, 0) is 0 Å². The van der Waals surface area contributed by atoms with Crippen LogP contribution in [0.4, 0.5) is 0 Å². The lowest BCUT2D eigenvalue weighted by Gasteiger charge is -2.42. The normalized spacial score (nSPS) is 25.7. The summed E-state index contributed by atoms with van der Waals surface area (Å²) >= 11 is 0. The zero-order valence-corrected chi connectivity index (χ0v) is 16.2. The molecular formula is C20H41N3. The van der Waals surface area contributed by atoms with E-state index in [4.69, 9.17) is 0 Å². The Kier molecular flexibility index (Phi) is 10.1. The smallest absolute Gasteiger partial charge is 0.0107 e. The van der Waals surface area contributed by atoms with Crippen molar-refractivity contribution in [2.75, 3.05) is 53.4 Å². The van der Waals surface area contributed by atoms with Crippen molar-refractivity contribution in [3.05, 3.63) is 12.7 Å². The number of piperazine rings is 1. The molecule has 0 bridgehead atoms. The van der Waals surface area contributed by atoms with Crippen LogP contribution in [0.5, 0.6) is 0 Å². The Hall–Kier alpha value is -0.380. The van der Waals surface area contributed by atoms with Gasteiger partial charge in [-0.3, -0.25) is 0 Å². The Bertz CT molecular complexity index is 282. The van der Waals surface area contributed by atoms with E-state index in [1.165, 1.54) is 77.8 Å². The largest absolute Gasteiger partial charge is 0.317 e. The van der Waals surface area contributed by atoms with Crippen molar-refractivity contribution in [1.82, 2.24) is 15.1 Å². The average molecular weight is 324 g/mol. The van der Waals surface area contributed by atoms with Crippen LogP contribution in [0.2, 0.25) is 0 Å². The number of nitrogens with one attached hydrogen (secondary N) is 1. The zero-order valence-electron chi connectivity index (χ0n) is 16.2. The van der Waals surface area contributed by atoms with Crippen molar-refractivity contribution in [3.63, 3.8) is 0 Å². The number of nitrogens with zero attached hydrogens (tertiary/aromatic N) is 2. The standard InChI is InChI=1S/C12H21N.C6H14N2.C2H6/c1-2-11-3-5-12(6-4-11)7-9-13-10-8-12;1-7-3-5-8(2)6-4-7;1-2/h2,11,13H,1,3-10H2;3-6H2,1-2H3;1-2H3. The summed E-state index contributed by atoms with van der Waals surface area (Å²) in [5.41, 5.74) is 0.727. The van der Waals surface area contributed by atoms with Crippen molar-refractivity contribution in [1.29, 1.82) is 0 Å². The van der Waals surface area contributed by atoms with E-state index >= 15 is 0 Å². The van der Waals surface area contributed by atoms with Gasteiger partial charge in [0.2, 0.25) is 0 Å². The second-order valence-corrected chi connectivity index (χ2v) is 7.43. The van der Waals surface area contributed by atoms with Crippen LogP contribution in [0.15, 0.2) is 12.7 Å². The molecule has 0 aromatic carbocycles. The molecule has 1 aliphatic carbocycles. The Morgan fingerprint density at radius 3 is 1.70 bits per heavy atom. The van der Waals surface area contributed by atoms with Crippen LogP contribution in [0.1, 0.15) is 52.4 Å². The average Bonchev–Trinajstić information content (AvgIpc) is 2.61. The minimum Gasteiger partial charge on any atom is -0.317 e. The third kappa shape index (κ3) is 7.36. The molecule has 3 heteroatoms. The third-order valence-corrected chi connectivity index (χ3v) is 5.82. The van der Waals surface area contributed by atoms with Crippen LogP contribution in [0.3, 0.4) is 0 Å². The molecule has 3 aliphatic rings. The highest BCUT2D eigenvalue weighted by molar-refractivity contribution is 4.93. The number of rotatable bonds is 1. The van der Waals surface area contributed by atoms with Crippen molar-refractivity contribution in [3.8, 4) is 0 Å². The van der Waals surface area contributed by atoms with Crippen LogP contribution in [-0.4, -0.2) is 63.2 Å². The molecule has 1 N–H and O–H groups in total. The van der Waals surface area contributed by atoms with Crippen LogP contribution < -0.4 is 5.32 Å². The minimum atomic E-state index is 0.727. The highest BCUT2D eigenvalue weighted by Crippen LogP contribution is 2.45. The summed E-state index contributed by atoms with van der Waals surface area (Å²) < 4.78 is 0. The predicted molar refractivity (Wildman–Crippen MR) is 103 cm³/mol. The molecule has 2 aliphatic heterocycles. The Morgan fingerprint density at radius 2 is 1.30 bits per heavy atom. The number of piperidine rings is 1. The Morgan fingerprint density at radius 1 is 0.870 bits per heavy atom. The number of likely N-dealkylation sites (N-methyl/N-ethyl adjacent to an activating group) is 2. The maximum absolute atomic E-state index is 3.91. The van der Waals surface area contributed by atoms with E-state index in [-0.39, 0.29) is 0 Å². The highest BCUT2D eigenvalue weighted by atomic mass is 15.2. The highest BCUT2D eigenvalue weighted by Gasteiger charge is 2.35. The van der Waals surface area contributed by atoms with E-state index in [0.717, 1.165) is 11.3 Å². The minimum absolute atomic E-state index is 0.727. The molecular weight excluding hydrogens is 282 g/mol. The molecule has 0 unspecified atom stereocenters. The summed E-state index contributed by atoms with van der Waals surface area (Å²) in [5.74, 6) is 0.820. The lowest BCUT2D eigenvalue weighted by molar-refractivity contribution is 0.117. The predicted octanol–water partition coefficient (Wildman–Crippen LogP) is 3.62. The Balaban J connectivity index is 0.000000228. The zero-order chi connectivity index (χ0) is 17.1. The van der Waals surface area contributed by atoms with Gasteiger partial charge in [0.25, 0.3) is 0 Å². The lowest BCUT2D eigenvalue weighted by Crippen LogP contribution is -2.42. The number of allylic oxidation sites excluding steroid dienone is 1. The molecule has 1 spiro atoms. The molecule has 0 atom stereocenters. The molecule has 136 valence electrons. The molecule has 0 amide bonds. The summed E-state index contributed by atoms with van der Waals surface area (Å²) in [5, 5.41) is 3.46. The van der Waals surface area contributed by atoms with Gasteiger partial charge in [0.15, 0.2) is 0 Å². The van der Waals surface area contributed by atoms with Gasteiger partial charge in [-0.1, -0.05) is 19.9 Å². The fraction of sp³-hybridized carbons (Fsp3) is 0.900. The summed E-state index contributed by atoms with van der Waals surface area (Å²) in [7, 11) is 4.35. The maximum Gasteiger partial charge on any atom is 0.0107 e. The monoisotopic (exact) mass is 323 g/mol. The molecule has 3 fully saturated rings. The maximum atomic E-state index is 3.91. The van der Waals surface area contributed by atoms with Gasteiger partial charge in [-0.05, 0) is 77.0 Å². The second kappa shape index (κ2) is 11.2. The van der Waals surface area contributed by atoms with E-state index in [2.05, 4.69) is 41.9 Å². The van der Waals surface area contributed by atoms with E-state index in [1.54, 1.807) is 0 Å². The first-order chi connectivity index (χ1) is 11.1. The van der Waals surface area contributed by atoms with E-state index in [0.29, 0.717) is 0 Å². The van der Waals surface area contributed by atoms with Crippen LogP contribution in [0, 0.1) is 11.3 Å². The summed E-state index contributed by atoms with van der Waals surface area (Å²) in [6.07, 6.45) is 10.7. The SMILES string of the molecule is C=CC1CCC2(CCNCC2)CC1.CC.CN1CCN(C)CC1. The summed E-state index contributed by atoms with van der Waals surface area (Å²) in [4.78, 5) is 4.72. The topological polar surface area (TPSA) is 18.5 Å². The van der Waals surface area contributed by atoms with E-state index < -0.39 is 0 Å². The fourth-order valence-corrected chi connectivity index (χ4v) is 3.85. The first-order valence-electron chi connectivity index (χ1n) is 9.84. The molecule has 0 radical (unpaired) electrons. The second-order valence-electron chi connectivity index (χ2n) is 7.43. The first-order valence-corrected chi connectivity index (χ1v) is 9.84. The van der Waals surface area contributed by atoms with Gasteiger partial charge in [-0.2, -0.15) is 0 Å². The van der Waals surface area contributed by atoms with Crippen molar-refractivity contribution < 1.29 is 0 Å². The van der Waals surface area contributed by atoms with Gasteiger partial charge in [0, 0.05) is 26.2 Å². The summed E-state index contributed by atoms with van der Waals surface area (Å²) in [6, 6.07) is 0. The molecule has 2 heterocycles. The third-order valence-electron chi connectivity index (χ3n) is 5.82.